The number of rotatable bonds is 5. The molecule has 3 N–H and O–H groups in total. The fourth-order valence-electron chi connectivity index (χ4n) is 1.40. The normalized spacial score (nSPS) is 10.9. The number of nitrogens with zero attached hydrogens (tertiary/aromatic N) is 3. The van der Waals surface area contributed by atoms with Crippen LogP contribution in [0.5, 0.6) is 0 Å². The van der Waals surface area contributed by atoms with E-state index in [1.807, 2.05) is 6.26 Å². The van der Waals surface area contributed by atoms with Gasteiger partial charge in [-0.25, -0.2) is 9.97 Å². The van der Waals surface area contributed by atoms with E-state index < -0.39 is 0 Å². The summed E-state index contributed by atoms with van der Waals surface area (Å²) in [6.45, 7) is 0.851. The minimum atomic E-state index is 0.169. The molecule has 0 spiro atoms. The van der Waals surface area contributed by atoms with Crippen LogP contribution < -0.4 is 5.32 Å². The standard InChI is InChI=1S/C9H13N5OS/c1-16-9-6-7(10-3-2-4-15)11-5-12-8(6)13-14-9/h5,15H,2-4H2,1H3,(H2,10,11,12,13,14). The molecular formula is C9H13N5OS. The summed E-state index contributed by atoms with van der Waals surface area (Å²) >= 11 is 1.55. The van der Waals surface area contributed by atoms with E-state index in [-0.39, 0.29) is 6.61 Å². The van der Waals surface area contributed by atoms with Crippen LogP contribution >= 0.6 is 11.8 Å². The average Bonchev–Trinajstić information content (AvgIpc) is 2.73. The van der Waals surface area contributed by atoms with Crippen molar-refractivity contribution in [1.29, 1.82) is 0 Å². The summed E-state index contributed by atoms with van der Waals surface area (Å²) in [5.74, 6) is 0.761. The third-order valence-electron chi connectivity index (χ3n) is 2.15. The van der Waals surface area contributed by atoms with Gasteiger partial charge >= 0.3 is 0 Å². The van der Waals surface area contributed by atoms with Crippen molar-refractivity contribution in [3.63, 3.8) is 0 Å². The number of anilines is 1. The first-order valence-electron chi connectivity index (χ1n) is 4.94. The van der Waals surface area contributed by atoms with Crippen LogP contribution in [0.3, 0.4) is 0 Å². The number of hydrogen-bond donors (Lipinski definition) is 3. The topological polar surface area (TPSA) is 86.7 Å². The van der Waals surface area contributed by atoms with E-state index in [1.165, 1.54) is 6.33 Å². The predicted octanol–water partition coefficient (Wildman–Crippen LogP) is 0.869. The molecule has 16 heavy (non-hydrogen) atoms. The first-order valence-corrected chi connectivity index (χ1v) is 6.17. The van der Waals surface area contributed by atoms with Gasteiger partial charge in [0.1, 0.15) is 17.2 Å². The van der Waals surface area contributed by atoms with Gasteiger partial charge < -0.3 is 10.4 Å². The third-order valence-corrected chi connectivity index (χ3v) is 2.83. The molecule has 0 radical (unpaired) electrons. The largest absolute Gasteiger partial charge is 0.396 e. The molecule has 2 aromatic rings. The van der Waals surface area contributed by atoms with Crippen LogP contribution in [0.2, 0.25) is 0 Å². The summed E-state index contributed by atoms with van der Waals surface area (Å²) < 4.78 is 0. The molecule has 2 aromatic heterocycles. The molecule has 0 saturated heterocycles. The zero-order valence-electron chi connectivity index (χ0n) is 8.90. The summed E-state index contributed by atoms with van der Waals surface area (Å²) in [6, 6.07) is 0. The molecule has 0 amide bonds. The highest BCUT2D eigenvalue weighted by molar-refractivity contribution is 7.98. The zero-order valence-corrected chi connectivity index (χ0v) is 9.71. The lowest BCUT2D eigenvalue weighted by Gasteiger charge is -2.05. The number of aliphatic hydroxyl groups excluding tert-OH is 1. The lowest BCUT2D eigenvalue weighted by Crippen LogP contribution is -2.05. The number of H-pyrrole nitrogens is 1. The number of fused-ring (bicyclic) bond motifs is 1. The van der Waals surface area contributed by atoms with Gasteiger partial charge in [0.25, 0.3) is 0 Å². The first-order chi connectivity index (χ1) is 7.86. The molecule has 0 fully saturated rings. The fraction of sp³-hybridized carbons (Fsp3) is 0.444. The fourth-order valence-corrected chi connectivity index (χ4v) is 1.93. The molecule has 0 aromatic carbocycles. The Bertz CT molecular complexity index is 472. The molecule has 0 unspecified atom stereocenters. The van der Waals surface area contributed by atoms with Crippen molar-refractivity contribution in [2.45, 2.75) is 11.4 Å². The van der Waals surface area contributed by atoms with Crippen molar-refractivity contribution in [2.75, 3.05) is 24.7 Å². The van der Waals surface area contributed by atoms with Gasteiger partial charge in [0.15, 0.2) is 5.65 Å². The summed E-state index contributed by atoms with van der Waals surface area (Å²) in [5.41, 5.74) is 0.728. The Balaban J connectivity index is 2.31. The van der Waals surface area contributed by atoms with E-state index in [9.17, 15) is 0 Å². The Morgan fingerprint density at radius 2 is 2.38 bits per heavy atom. The van der Waals surface area contributed by atoms with Gasteiger partial charge in [0.05, 0.1) is 5.39 Å². The number of thioether (sulfide) groups is 1. The van der Waals surface area contributed by atoms with E-state index >= 15 is 0 Å². The lowest BCUT2D eigenvalue weighted by atomic mass is 10.3. The molecule has 0 atom stereocenters. The van der Waals surface area contributed by atoms with Crippen molar-refractivity contribution in [2.24, 2.45) is 0 Å². The van der Waals surface area contributed by atoms with Crippen LogP contribution in [0.1, 0.15) is 6.42 Å². The predicted molar refractivity (Wildman–Crippen MR) is 63.7 cm³/mol. The van der Waals surface area contributed by atoms with E-state index in [2.05, 4.69) is 25.5 Å². The summed E-state index contributed by atoms with van der Waals surface area (Å²) in [5, 5.41) is 20.7. The van der Waals surface area contributed by atoms with Gasteiger partial charge in [-0.3, -0.25) is 5.10 Å². The Morgan fingerprint density at radius 3 is 3.12 bits per heavy atom. The molecule has 7 heteroatoms. The molecule has 6 nitrogen and oxygen atoms in total. The summed E-state index contributed by atoms with van der Waals surface area (Å²) in [4.78, 5) is 8.29. The highest BCUT2D eigenvalue weighted by Crippen LogP contribution is 2.27. The summed E-state index contributed by atoms with van der Waals surface area (Å²) in [6.07, 6.45) is 4.14. The minimum absolute atomic E-state index is 0.169. The van der Waals surface area contributed by atoms with Gasteiger partial charge in [0, 0.05) is 13.2 Å². The Labute approximate surface area is 96.9 Å². The maximum atomic E-state index is 8.72. The van der Waals surface area contributed by atoms with Crippen molar-refractivity contribution >= 4 is 28.6 Å². The van der Waals surface area contributed by atoms with Gasteiger partial charge in [-0.1, -0.05) is 0 Å². The lowest BCUT2D eigenvalue weighted by molar-refractivity contribution is 0.292. The van der Waals surface area contributed by atoms with Crippen LogP contribution in [0.25, 0.3) is 11.0 Å². The summed E-state index contributed by atoms with van der Waals surface area (Å²) in [7, 11) is 0. The number of aromatic nitrogens is 4. The first kappa shape index (κ1) is 11.2. The molecular weight excluding hydrogens is 226 g/mol. The maximum Gasteiger partial charge on any atom is 0.161 e. The van der Waals surface area contributed by atoms with Crippen LogP contribution in [0.4, 0.5) is 5.82 Å². The van der Waals surface area contributed by atoms with E-state index in [0.717, 1.165) is 21.9 Å². The highest BCUT2D eigenvalue weighted by atomic mass is 32.2. The van der Waals surface area contributed by atoms with Gasteiger partial charge in [-0.15, -0.1) is 11.8 Å². The Morgan fingerprint density at radius 1 is 1.50 bits per heavy atom. The Kier molecular flexibility index (Phi) is 3.58. The molecule has 0 aliphatic heterocycles. The van der Waals surface area contributed by atoms with Crippen LogP contribution in [0, 0.1) is 0 Å². The quantitative estimate of drug-likeness (QED) is 0.530. The Hall–Kier alpha value is -1.34. The van der Waals surface area contributed by atoms with Crippen molar-refractivity contribution < 1.29 is 5.11 Å². The maximum absolute atomic E-state index is 8.72. The van der Waals surface area contributed by atoms with Crippen LogP contribution in [-0.4, -0.2) is 44.7 Å². The van der Waals surface area contributed by atoms with Crippen molar-refractivity contribution in [1.82, 2.24) is 20.2 Å². The highest BCUT2D eigenvalue weighted by Gasteiger charge is 2.11. The van der Waals surface area contributed by atoms with E-state index in [1.54, 1.807) is 11.8 Å². The van der Waals surface area contributed by atoms with E-state index in [0.29, 0.717) is 13.0 Å². The van der Waals surface area contributed by atoms with Crippen LogP contribution in [-0.2, 0) is 0 Å². The number of hydrogen-bond acceptors (Lipinski definition) is 6. The number of aromatic amines is 1. The van der Waals surface area contributed by atoms with Crippen molar-refractivity contribution in [3.8, 4) is 0 Å². The molecule has 86 valence electrons. The SMILES string of the molecule is CSc1n[nH]c2ncnc(NCCCO)c12. The number of aliphatic hydroxyl groups is 1. The second kappa shape index (κ2) is 5.13. The molecule has 0 bridgehead atoms. The van der Waals surface area contributed by atoms with E-state index in [4.69, 9.17) is 5.11 Å². The smallest absolute Gasteiger partial charge is 0.161 e. The average molecular weight is 239 g/mol. The van der Waals surface area contributed by atoms with Gasteiger partial charge in [-0.05, 0) is 12.7 Å². The van der Waals surface area contributed by atoms with Crippen molar-refractivity contribution in [3.05, 3.63) is 6.33 Å². The van der Waals surface area contributed by atoms with Gasteiger partial charge in [-0.2, -0.15) is 5.10 Å². The number of nitrogens with one attached hydrogen (secondary N) is 2. The molecule has 0 saturated carbocycles. The minimum Gasteiger partial charge on any atom is -0.396 e. The monoisotopic (exact) mass is 239 g/mol. The zero-order chi connectivity index (χ0) is 11.4. The second-order valence-electron chi connectivity index (χ2n) is 3.18. The third kappa shape index (κ3) is 2.10. The molecule has 0 aliphatic rings. The molecule has 0 aliphatic carbocycles. The molecule has 2 heterocycles. The molecule has 2 rings (SSSR count). The second-order valence-corrected chi connectivity index (χ2v) is 3.98. The van der Waals surface area contributed by atoms with Crippen LogP contribution in [0.15, 0.2) is 11.4 Å². The van der Waals surface area contributed by atoms with Gasteiger partial charge in [0.2, 0.25) is 0 Å².